The van der Waals surface area contributed by atoms with E-state index < -0.39 is 5.97 Å². The van der Waals surface area contributed by atoms with Gasteiger partial charge in [0.05, 0.1) is 21.2 Å². The lowest BCUT2D eigenvalue weighted by atomic mass is 10.1. The Labute approximate surface area is 201 Å². The van der Waals surface area contributed by atoms with Gasteiger partial charge in [-0.25, -0.2) is 9.79 Å². The zero-order valence-electron chi connectivity index (χ0n) is 18.6. The second-order valence-electron chi connectivity index (χ2n) is 7.90. The number of aliphatic imine (C=N–C) groups is 1. The molecule has 1 aliphatic heterocycles. The zero-order chi connectivity index (χ0) is 23.9. The van der Waals surface area contributed by atoms with Gasteiger partial charge >= 0.3 is 5.97 Å². The number of benzene rings is 2. The molecule has 0 unspecified atom stereocenters. The van der Waals surface area contributed by atoms with Crippen LogP contribution in [0.25, 0.3) is 11.8 Å². The van der Waals surface area contributed by atoms with Crippen molar-refractivity contribution in [3.8, 4) is 5.69 Å². The van der Waals surface area contributed by atoms with Gasteiger partial charge in [0.1, 0.15) is 0 Å². The molecule has 0 atom stereocenters. The number of carbonyl (C=O) groups excluding carboxylic acids is 1. The number of hydrogen-bond acceptors (Lipinski definition) is 4. The van der Waals surface area contributed by atoms with Gasteiger partial charge in [0.2, 0.25) is 0 Å². The number of aromatic nitrogens is 1. The number of amides is 1. The fourth-order valence-corrected chi connectivity index (χ4v) is 4.89. The Morgan fingerprint density at radius 1 is 1.12 bits per heavy atom. The van der Waals surface area contributed by atoms with Gasteiger partial charge in [-0.1, -0.05) is 29.3 Å². The highest BCUT2D eigenvalue weighted by atomic mass is 35.5. The number of nitrogens with one attached hydrogen (secondary N) is 1. The lowest BCUT2D eigenvalue weighted by molar-refractivity contribution is -0.115. The van der Waals surface area contributed by atoms with Crippen LogP contribution in [0.2, 0.25) is 5.02 Å². The highest BCUT2D eigenvalue weighted by molar-refractivity contribution is 8.18. The van der Waals surface area contributed by atoms with Crippen molar-refractivity contribution in [3.63, 3.8) is 0 Å². The van der Waals surface area contributed by atoms with Gasteiger partial charge in [-0.3, -0.25) is 4.79 Å². The number of hydrogen-bond donors (Lipinski definition) is 2. The van der Waals surface area contributed by atoms with E-state index >= 15 is 0 Å². The molecule has 1 amide bonds. The van der Waals surface area contributed by atoms with Crippen molar-refractivity contribution in [2.75, 3.05) is 0 Å². The van der Waals surface area contributed by atoms with Crippen LogP contribution in [0.5, 0.6) is 0 Å². The SMILES string of the molecule is Cc1ccc(N=C2NC(=O)/C(=C/c3cc(C)n(-c4ccc(C(=O)O)c(Cl)c4)c3C)S2)c(C)c1. The molecule has 8 heteroatoms. The number of halogens is 1. The van der Waals surface area contributed by atoms with Crippen molar-refractivity contribution in [3.05, 3.63) is 86.0 Å². The topological polar surface area (TPSA) is 83.7 Å². The maximum absolute atomic E-state index is 12.6. The van der Waals surface area contributed by atoms with E-state index in [0.29, 0.717) is 10.1 Å². The summed E-state index contributed by atoms with van der Waals surface area (Å²) in [4.78, 5) is 29.0. The Bertz CT molecular complexity index is 1370. The Morgan fingerprint density at radius 3 is 2.55 bits per heavy atom. The van der Waals surface area contributed by atoms with Crippen molar-refractivity contribution in [1.29, 1.82) is 0 Å². The number of carboxylic acid groups (broad SMARTS) is 1. The molecule has 1 saturated heterocycles. The summed E-state index contributed by atoms with van der Waals surface area (Å²) in [6, 6.07) is 12.8. The third kappa shape index (κ3) is 4.60. The van der Waals surface area contributed by atoms with Gasteiger partial charge in [-0.05, 0) is 87.0 Å². The molecule has 1 aliphatic rings. The maximum Gasteiger partial charge on any atom is 0.337 e. The first-order chi connectivity index (χ1) is 15.6. The van der Waals surface area contributed by atoms with Crippen molar-refractivity contribution in [2.24, 2.45) is 4.99 Å². The van der Waals surface area contributed by atoms with Crippen LogP contribution >= 0.6 is 23.4 Å². The molecule has 0 radical (unpaired) electrons. The normalized spacial score (nSPS) is 16.0. The van der Waals surface area contributed by atoms with Gasteiger partial charge < -0.3 is 15.0 Å². The minimum atomic E-state index is -1.07. The number of thioether (sulfide) groups is 1. The molecule has 0 spiro atoms. The molecule has 0 bridgehead atoms. The first-order valence-electron chi connectivity index (χ1n) is 10.2. The fraction of sp³-hybridized carbons (Fsp3) is 0.160. The average Bonchev–Trinajstić information content (AvgIpc) is 3.22. The number of amidine groups is 1. The maximum atomic E-state index is 12.6. The molecule has 6 nitrogen and oxygen atoms in total. The van der Waals surface area contributed by atoms with Crippen LogP contribution < -0.4 is 5.32 Å². The second kappa shape index (κ2) is 8.92. The molecule has 2 heterocycles. The molecule has 4 rings (SSSR count). The third-order valence-electron chi connectivity index (χ3n) is 5.42. The van der Waals surface area contributed by atoms with E-state index in [1.54, 1.807) is 12.1 Å². The van der Waals surface area contributed by atoms with Crippen molar-refractivity contribution >= 4 is 52.2 Å². The first kappa shape index (κ1) is 22.9. The van der Waals surface area contributed by atoms with Crippen molar-refractivity contribution in [1.82, 2.24) is 9.88 Å². The molecule has 0 aliphatic carbocycles. The fourth-order valence-electron chi connectivity index (χ4n) is 3.81. The van der Waals surface area contributed by atoms with Crippen LogP contribution in [0.3, 0.4) is 0 Å². The number of nitrogens with zero attached hydrogens (tertiary/aromatic N) is 2. The number of carboxylic acids is 1. The van der Waals surface area contributed by atoms with Gasteiger partial charge in [-0.15, -0.1) is 0 Å². The van der Waals surface area contributed by atoms with Crippen LogP contribution in [0, 0.1) is 27.7 Å². The number of aryl methyl sites for hydroxylation is 3. The number of carbonyl (C=O) groups is 2. The quantitative estimate of drug-likeness (QED) is 0.452. The van der Waals surface area contributed by atoms with E-state index in [4.69, 9.17) is 11.6 Å². The van der Waals surface area contributed by atoms with E-state index in [1.165, 1.54) is 17.8 Å². The first-order valence-corrected chi connectivity index (χ1v) is 11.4. The summed E-state index contributed by atoms with van der Waals surface area (Å²) in [7, 11) is 0. The van der Waals surface area contributed by atoms with E-state index in [-0.39, 0.29) is 16.5 Å². The molecule has 1 fully saturated rings. The number of aromatic carboxylic acids is 1. The molecule has 0 saturated carbocycles. The van der Waals surface area contributed by atoms with E-state index in [2.05, 4.69) is 16.4 Å². The summed E-state index contributed by atoms with van der Waals surface area (Å²) in [5.41, 5.74) is 6.57. The monoisotopic (exact) mass is 479 g/mol. The lowest BCUT2D eigenvalue weighted by Gasteiger charge is -2.11. The molecule has 3 aromatic rings. The van der Waals surface area contributed by atoms with Crippen molar-refractivity contribution in [2.45, 2.75) is 27.7 Å². The summed E-state index contributed by atoms with van der Waals surface area (Å²) in [5.74, 6) is -1.26. The summed E-state index contributed by atoms with van der Waals surface area (Å²) < 4.78 is 1.98. The molecule has 2 N–H and O–H groups in total. The Hall–Kier alpha value is -3.29. The lowest BCUT2D eigenvalue weighted by Crippen LogP contribution is -2.19. The molecule has 1 aromatic heterocycles. The van der Waals surface area contributed by atoms with E-state index in [1.807, 2.05) is 56.5 Å². The summed E-state index contributed by atoms with van der Waals surface area (Å²) in [6.07, 6.45) is 1.84. The minimum absolute atomic E-state index is 0.0554. The van der Waals surface area contributed by atoms with E-state index in [9.17, 15) is 14.7 Å². The smallest absolute Gasteiger partial charge is 0.337 e. The standard InChI is InChI=1S/C25H22ClN3O3S/c1-13-5-8-21(14(2)9-13)27-25-28-23(30)22(33-25)11-17-10-15(3)29(16(17)4)18-6-7-19(24(31)32)20(26)12-18/h5-12H,1-4H3,(H,31,32)(H,27,28,30)/b22-11-. The van der Waals surface area contributed by atoms with Crippen molar-refractivity contribution < 1.29 is 14.7 Å². The molecule has 33 heavy (non-hydrogen) atoms. The van der Waals surface area contributed by atoms with Gasteiger partial charge in [0.25, 0.3) is 5.91 Å². The highest BCUT2D eigenvalue weighted by Crippen LogP contribution is 2.32. The third-order valence-corrected chi connectivity index (χ3v) is 6.65. The predicted octanol–water partition coefficient (Wildman–Crippen LogP) is 5.95. The van der Waals surface area contributed by atoms with Gasteiger partial charge in [0, 0.05) is 17.1 Å². The summed E-state index contributed by atoms with van der Waals surface area (Å²) in [6.45, 7) is 7.92. The van der Waals surface area contributed by atoms with Gasteiger partial charge in [-0.2, -0.15) is 0 Å². The second-order valence-corrected chi connectivity index (χ2v) is 9.34. The largest absolute Gasteiger partial charge is 0.478 e. The summed E-state index contributed by atoms with van der Waals surface area (Å²) in [5, 5.41) is 12.8. The Kier molecular flexibility index (Phi) is 6.19. The highest BCUT2D eigenvalue weighted by Gasteiger charge is 2.25. The average molecular weight is 480 g/mol. The van der Waals surface area contributed by atoms with Crippen LogP contribution in [-0.4, -0.2) is 26.7 Å². The Morgan fingerprint density at radius 2 is 1.88 bits per heavy atom. The van der Waals surface area contributed by atoms with Crippen LogP contribution in [0.1, 0.15) is 38.4 Å². The van der Waals surface area contributed by atoms with Crippen LogP contribution in [0.4, 0.5) is 5.69 Å². The summed E-state index contributed by atoms with van der Waals surface area (Å²) >= 11 is 7.47. The molecule has 2 aromatic carbocycles. The number of rotatable bonds is 4. The molecule has 168 valence electrons. The molecular weight excluding hydrogens is 458 g/mol. The zero-order valence-corrected chi connectivity index (χ0v) is 20.1. The van der Waals surface area contributed by atoms with Crippen LogP contribution in [0.15, 0.2) is 52.4 Å². The van der Waals surface area contributed by atoms with E-state index in [0.717, 1.165) is 39.5 Å². The predicted molar refractivity (Wildman–Crippen MR) is 134 cm³/mol. The molecular formula is C25H22ClN3O3S. The van der Waals surface area contributed by atoms with Gasteiger partial charge in [0.15, 0.2) is 5.17 Å². The Balaban J connectivity index is 1.65. The van der Waals surface area contributed by atoms with Crippen LogP contribution in [-0.2, 0) is 4.79 Å². The minimum Gasteiger partial charge on any atom is -0.478 e.